The molecule has 1 aromatic heterocycles. The first-order valence-corrected chi connectivity index (χ1v) is 7.17. The maximum absolute atomic E-state index is 11.4. The molecule has 0 aliphatic carbocycles. The van der Waals surface area contributed by atoms with Crippen LogP contribution in [0.5, 0.6) is 0 Å². The molecule has 1 aromatic rings. The van der Waals surface area contributed by atoms with Gasteiger partial charge in [0.2, 0.25) is 5.91 Å². The van der Waals surface area contributed by atoms with Crippen LogP contribution in [0.4, 0.5) is 0 Å². The van der Waals surface area contributed by atoms with Crippen molar-refractivity contribution in [3.63, 3.8) is 0 Å². The Morgan fingerprint density at radius 1 is 1.62 bits per heavy atom. The zero-order chi connectivity index (χ0) is 12.0. The van der Waals surface area contributed by atoms with Gasteiger partial charge in [-0.3, -0.25) is 10.2 Å². The predicted octanol–water partition coefficient (Wildman–Crippen LogP) is 0.357. The fraction of sp³-hybridized carbons (Fsp3) is 0.571. The summed E-state index contributed by atoms with van der Waals surface area (Å²) in [5, 5.41) is 7.49. The normalized spacial score (nSPS) is 12.4. The summed E-state index contributed by atoms with van der Waals surface area (Å²) in [7, 11) is 1.53. The Balaban J connectivity index is 2.63. The van der Waals surface area contributed by atoms with E-state index in [1.165, 1.54) is 42.0 Å². The van der Waals surface area contributed by atoms with E-state index >= 15 is 0 Å². The molecule has 6 nitrogen and oxygen atoms in total. The third-order valence-corrected chi connectivity index (χ3v) is 4.71. The molecule has 0 aliphatic rings. The number of rotatable bonds is 6. The minimum atomic E-state index is -0.405. The van der Waals surface area contributed by atoms with Gasteiger partial charge in [0.25, 0.3) is 0 Å². The number of ether oxygens (including phenoxy) is 1. The lowest BCUT2D eigenvalue weighted by Crippen LogP contribution is -2.39. The van der Waals surface area contributed by atoms with E-state index in [-0.39, 0.29) is 12.5 Å². The Morgan fingerprint density at radius 2 is 2.31 bits per heavy atom. The number of thioether (sulfide) groups is 2. The van der Waals surface area contributed by atoms with Crippen LogP contribution in [0.3, 0.4) is 0 Å². The molecule has 0 saturated carbocycles. The van der Waals surface area contributed by atoms with Crippen LogP contribution in [0.1, 0.15) is 0 Å². The molecule has 9 heteroatoms. The second-order valence-corrected chi connectivity index (χ2v) is 6.09. The van der Waals surface area contributed by atoms with Crippen LogP contribution in [0.15, 0.2) is 8.68 Å². The second-order valence-electron chi connectivity index (χ2n) is 2.61. The first kappa shape index (κ1) is 13.7. The van der Waals surface area contributed by atoms with E-state index < -0.39 is 5.25 Å². The monoisotopic (exact) mass is 280 g/mol. The van der Waals surface area contributed by atoms with Gasteiger partial charge in [0.1, 0.15) is 5.25 Å². The summed E-state index contributed by atoms with van der Waals surface area (Å²) in [6.45, 7) is 0.280. The molecule has 1 atom stereocenters. The predicted molar refractivity (Wildman–Crippen MR) is 65.5 cm³/mol. The van der Waals surface area contributed by atoms with Crippen LogP contribution < -0.4 is 11.3 Å². The number of nitrogens with zero attached hydrogens (tertiary/aromatic N) is 2. The van der Waals surface area contributed by atoms with E-state index in [0.29, 0.717) is 0 Å². The molecule has 1 amide bonds. The lowest BCUT2D eigenvalue weighted by molar-refractivity contribution is -0.121. The van der Waals surface area contributed by atoms with Gasteiger partial charge >= 0.3 is 0 Å². The Kier molecular flexibility index (Phi) is 6.06. The van der Waals surface area contributed by atoms with Crippen LogP contribution in [0, 0.1) is 0 Å². The van der Waals surface area contributed by atoms with Crippen molar-refractivity contribution in [2.24, 2.45) is 5.84 Å². The van der Waals surface area contributed by atoms with Gasteiger partial charge in [-0.25, -0.2) is 5.84 Å². The van der Waals surface area contributed by atoms with Gasteiger partial charge in [-0.15, -0.1) is 10.2 Å². The highest BCUT2D eigenvalue weighted by molar-refractivity contribution is 8.03. The SMILES string of the molecule is COCC(Sc1nnc(SC)s1)C(=O)NN. The summed E-state index contributed by atoms with van der Waals surface area (Å²) in [6.07, 6.45) is 1.92. The number of carbonyl (C=O) groups excluding carboxylic acids is 1. The highest BCUT2D eigenvalue weighted by Gasteiger charge is 2.21. The third-order valence-electron chi connectivity index (χ3n) is 1.56. The number of aromatic nitrogens is 2. The number of carbonyl (C=O) groups is 1. The number of hydrogen-bond donors (Lipinski definition) is 2. The van der Waals surface area contributed by atoms with Gasteiger partial charge in [-0.05, 0) is 6.26 Å². The van der Waals surface area contributed by atoms with E-state index in [1.54, 1.807) is 0 Å². The van der Waals surface area contributed by atoms with E-state index in [4.69, 9.17) is 10.6 Å². The minimum absolute atomic E-state index is 0.280. The van der Waals surface area contributed by atoms with Crippen molar-refractivity contribution in [2.45, 2.75) is 13.9 Å². The summed E-state index contributed by atoms with van der Waals surface area (Å²) in [4.78, 5) is 11.4. The zero-order valence-corrected chi connectivity index (χ0v) is 11.2. The fourth-order valence-electron chi connectivity index (χ4n) is 0.857. The summed E-state index contributed by atoms with van der Waals surface area (Å²) in [5.74, 6) is 4.80. The van der Waals surface area contributed by atoms with Crippen molar-refractivity contribution in [2.75, 3.05) is 20.0 Å². The second kappa shape index (κ2) is 7.07. The zero-order valence-electron chi connectivity index (χ0n) is 8.80. The Hall–Kier alpha value is -0.350. The molecule has 1 unspecified atom stereocenters. The lowest BCUT2D eigenvalue weighted by Gasteiger charge is -2.11. The molecule has 0 aliphatic heterocycles. The Morgan fingerprint density at radius 3 is 2.81 bits per heavy atom. The molecule has 0 bridgehead atoms. The van der Waals surface area contributed by atoms with E-state index in [9.17, 15) is 4.79 Å². The van der Waals surface area contributed by atoms with Crippen LogP contribution in [0.25, 0.3) is 0 Å². The van der Waals surface area contributed by atoms with Gasteiger partial charge in [-0.2, -0.15) is 0 Å². The summed E-state index contributed by atoms with van der Waals surface area (Å²) >= 11 is 4.26. The quantitative estimate of drug-likeness (QED) is 0.336. The first-order chi connectivity index (χ1) is 7.71. The van der Waals surface area contributed by atoms with Crippen molar-refractivity contribution in [1.82, 2.24) is 15.6 Å². The van der Waals surface area contributed by atoms with E-state index in [0.717, 1.165) is 8.68 Å². The van der Waals surface area contributed by atoms with Gasteiger partial charge in [0, 0.05) is 7.11 Å². The number of amides is 1. The Bertz CT molecular complexity index is 346. The largest absolute Gasteiger partial charge is 0.383 e. The van der Waals surface area contributed by atoms with Crippen LogP contribution in [-0.2, 0) is 9.53 Å². The average molecular weight is 280 g/mol. The average Bonchev–Trinajstić information content (AvgIpc) is 2.75. The number of methoxy groups -OCH3 is 1. The van der Waals surface area contributed by atoms with Crippen LogP contribution >= 0.6 is 34.9 Å². The number of hydrazine groups is 1. The maximum Gasteiger partial charge on any atom is 0.249 e. The molecular weight excluding hydrogens is 268 g/mol. The number of nitrogens with two attached hydrogens (primary N) is 1. The third kappa shape index (κ3) is 3.91. The topological polar surface area (TPSA) is 90.1 Å². The van der Waals surface area contributed by atoms with Crippen LogP contribution in [0.2, 0.25) is 0 Å². The maximum atomic E-state index is 11.4. The first-order valence-electron chi connectivity index (χ1n) is 4.24. The standard InChI is InChI=1S/C7H12N4O2S3/c1-13-3-4(5(12)9-8)15-7-11-10-6(14-2)16-7/h4H,3,8H2,1-2H3,(H,9,12). The van der Waals surface area contributed by atoms with Crippen molar-refractivity contribution in [3.05, 3.63) is 0 Å². The summed E-state index contributed by atoms with van der Waals surface area (Å²) in [5.41, 5.74) is 2.10. The molecule has 1 rings (SSSR count). The molecule has 0 fully saturated rings. The lowest BCUT2D eigenvalue weighted by atomic mass is 10.4. The van der Waals surface area contributed by atoms with Crippen LogP contribution in [-0.4, -0.2) is 41.3 Å². The molecule has 1 heterocycles. The molecule has 3 N–H and O–H groups in total. The summed E-state index contributed by atoms with van der Waals surface area (Å²) < 4.78 is 6.55. The number of nitrogens with one attached hydrogen (secondary N) is 1. The van der Waals surface area contributed by atoms with Crippen molar-refractivity contribution in [3.8, 4) is 0 Å². The smallest absolute Gasteiger partial charge is 0.249 e. The molecule has 0 spiro atoms. The molecule has 0 saturated heterocycles. The van der Waals surface area contributed by atoms with Crippen molar-refractivity contribution >= 4 is 40.8 Å². The highest BCUT2D eigenvalue weighted by Crippen LogP contribution is 2.30. The van der Waals surface area contributed by atoms with E-state index in [2.05, 4.69) is 15.6 Å². The molecule has 90 valence electrons. The fourth-order valence-corrected chi connectivity index (χ4v) is 3.51. The van der Waals surface area contributed by atoms with Crippen molar-refractivity contribution < 1.29 is 9.53 Å². The van der Waals surface area contributed by atoms with E-state index in [1.807, 2.05) is 6.26 Å². The molecule has 0 radical (unpaired) electrons. The Labute approximate surface area is 106 Å². The van der Waals surface area contributed by atoms with Gasteiger partial charge in [0.15, 0.2) is 8.68 Å². The highest BCUT2D eigenvalue weighted by atomic mass is 32.2. The molecule has 0 aromatic carbocycles. The van der Waals surface area contributed by atoms with Gasteiger partial charge in [0.05, 0.1) is 6.61 Å². The van der Waals surface area contributed by atoms with Gasteiger partial charge in [-0.1, -0.05) is 34.9 Å². The minimum Gasteiger partial charge on any atom is -0.383 e. The van der Waals surface area contributed by atoms with Gasteiger partial charge < -0.3 is 4.74 Å². The summed E-state index contributed by atoms with van der Waals surface area (Å²) in [6, 6.07) is 0. The molecule has 16 heavy (non-hydrogen) atoms. The number of hydrogen-bond acceptors (Lipinski definition) is 8. The van der Waals surface area contributed by atoms with Crippen molar-refractivity contribution in [1.29, 1.82) is 0 Å². The molecular formula is C7H12N4O2S3.